The van der Waals surface area contributed by atoms with E-state index in [0.29, 0.717) is 11.5 Å². The summed E-state index contributed by atoms with van der Waals surface area (Å²) in [5.41, 5.74) is 1.08. The molecule has 1 aromatic carbocycles. The molecule has 0 unspecified atom stereocenters. The molecule has 5 heteroatoms. The number of hydrogen-bond acceptors (Lipinski definition) is 4. The third-order valence-corrected chi connectivity index (χ3v) is 2.66. The van der Waals surface area contributed by atoms with Crippen molar-refractivity contribution in [3.05, 3.63) is 60.7 Å². The van der Waals surface area contributed by atoms with Crippen molar-refractivity contribution in [2.24, 2.45) is 0 Å². The fourth-order valence-corrected chi connectivity index (χ4v) is 1.80. The van der Waals surface area contributed by atoms with Crippen LogP contribution in [0.4, 0.5) is 5.82 Å². The summed E-state index contributed by atoms with van der Waals surface area (Å²) >= 11 is 0. The van der Waals surface area contributed by atoms with E-state index in [2.05, 4.69) is 20.3 Å². The van der Waals surface area contributed by atoms with E-state index in [1.165, 1.54) is 6.33 Å². The van der Waals surface area contributed by atoms with Crippen LogP contribution in [-0.4, -0.2) is 20.9 Å². The Morgan fingerprint density at radius 2 is 1.79 bits per heavy atom. The minimum absolute atomic E-state index is 0.294. The van der Waals surface area contributed by atoms with Gasteiger partial charge in [-0.1, -0.05) is 24.3 Å². The number of amides is 1. The highest BCUT2D eigenvalue weighted by atomic mass is 16.1. The van der Waals surface area contributed by atoms with Gasteiger partial charge in [-0.3, -0.25) is 4.79 Å². The fraction of sp³-hybridized carbons (Fsp3) is 0. The van der Waals surface area contributed by atoms with Gasteiger partial charge in [0, 0.05) is 11.6 Å². The van der Waals surface area contributed by atoms with Gasteiger partial charge in [-0.25, -0.2) is 15.0 Å². The summed E-state index contributed by atoms with van der Waals surface area (Å²) in [5.74, 6) is 0.201. The van der Waals surface area contributed by atoms with Gasteiger partial charge in [0.05, 0.1) is 5.52 Å². The maximum atomic E-state index is 12.2. The van der Waals surface area contributed by atoms with Gasteiger partial charge in [-0.05, 0) is 18.2 Å². The fourth-order valence-electron chi connectivity index (χ4n) is 1.80. The Morgan fingerprint density at radius 3 is 2.63 bits per heavy atom. The first kappa shape index (κ1) is 11.3. The van der Waals surface area contributed by atoms with Gasteiger partial charge in [-0.2, -0.15) is 0 Å². The molecule has 2 aromatic heterocycles. The van der Waals surface area contributed by atoms with Crippen LogP contribution in [0.15, 0.2) is 55.0 Å². The number of hydrogen-bond donors (Lipinski definition) is 1. The van der Waals surface area contributed by atoms with E-state index >= 15 is 0 Å². The average molecular weight is 250 g/mol. The van der Waals surface area contributed by atoms with Gasteiger partial charge < -0.3 is 5.32 Å². The van der Waals surface area contributed by atoms with E-state index in [-0.39, 0.29) is 5.91 Å². The van der Waals surface area contributed by atoms with Crippen molar-refractivity contribution in [1.82, 2.24) is 15.0 Å². The predicted molar refractivity (Wildman–Crippen MR) is 71.7 cm³/mol. The molecule has 19 heavy (non-hydrogen) atoms. The SMILES string of the molecule is O=C(Nc1ccccn1)c1ncnc2ccccc12. The molecule has 0 spiro atoms. The summed E-state index contributed by atoms with van der Waals surface area (Å²) in [7, 11) is 0. The molecular weight excluding hydrogens is 240 g/mol. The second-order valence-corrected chi connectivity index (χ2v) is 3.91. The molecule has 0 saturated carbocycles. The smallest absolute Gasteiger partial charge is 0.276 e. The van der Waals surface area contributed by atoms with Crippen molar-refractivity contribution < 1.29 is 4.79 Å². The second-order valence-electron chi connectivity index (χ2n) is 3.91. The van der Waals surface area contributed by atoms with Crippen LogP contribution in [-0.2, 0) is 0 Å². The lowest BCUT2D eigenvalue weighted by molar-refractivity contribution is 0.102. The molecule has 0 saturated heterocycles. The van der Waals surface area contributed by atoms with Gasteiger partial charge in [0.1, 0.15) is 17.8 Å². The first-order valence-corrected chi connectivity index (χ1v) is 5.77. The number of nitrogens with one attached hydrogen (secondary N) is 1. The number of benzene rings is 1. The number of aromatic nitrogens is 3. The van der Waals surface area contributed by atoms with Crippen LogP contribution in [0.3, 0.4) is 0 Å². The molecule has 5 nitrogen and oxygen atoms in total. The molecule has 3 rings (SSSR count). The molecule has 0 aliphatic heterocycles. The highest BCUT2D eigenvalue weighted by Crippen LogP contribution is 2.15. The minimum atomic E-state index is -0.294. The Balaban J connectivity index is 1.98. The van der Waals surface area contributed by atoms with Gasteiger partial charge in [0.25, 0.3) is 5.91 Å². The molecule has 0 aliphatic carbocycles. The molecule has 1 N–H and O–H groups in total. The van der Waals surface area contributed by atoms with Gasteiger partial charge in [0.15, 0.2) is 0 Å². The third kappa shape index (κ3) is 2.26. The van der Waals surface area contributed by atoms with Crippen molar-refractivity contribution in [2.45, 2.75) is 0 Å². The van der Waals surface area contributed by atoms with Crippen molar-refractivity contribution >= 4 is 22.6 Å². The van der Waals surface area contributed by atoms with Crippen molar-refractivity contribution in [2.75, 3.05) is 5.32 Å². The molecule has 2 heterocycles. The van der Waals surface area contributed by atoms with E-state index in [1.54, 1.807) is 24.4 Å². The number of nitrogens with zero attached hydrogens (tertiary/aromatic N) is 3. The molecule has 92 valence electrons. The monoisotopic (exact) mass is 250 g/mol. The zero-order valence-electron chi connectivity index (χ0n) is 9.95. The van der Waals surface area contributed by atoms with E-state index in [0.717, 1.165) is 10.9 Å². The molecule has 0 fully saturated rings. The maximum absolute atomic E-state index is 12.2. The average Bonchev–Trinajstić information content (AvgIpc) is 2.47. The first-order chi connectivity index (χ1) is 9.34. The van der Waals surface area contributed by atoms with E-state index in [1.807, 2.05) is 24.3 Å². The lowest BCUT2D eigenvalue weighted by Gasteiger charge is -2.05. The lowest BCUT2D eigenvalue weighted by atomic mass is 10.2. The van der Waals surface area contributed by atoms with E-state index in [4.69, 9.17) is 0 Å². The van der Waals surface area contributed by atoms with E-state index < -0.39 is 0 Å². The van der Waals surface area contributed by atoms with Crippen LogP contribution in [0.1, 0.15) is 10.5 Å². The third-order valence-electron chi connectivity index (χ3n) is 2.66. The number of rotatable bonds is 2. The quantitative estimate of drug-likeness (QED) is 0.757. The second kappa shape index (κ2) is 4.81. The van der Waals surface area contributed by atoms with Crippen LogP contribution in [0.5, 0.6) is 0 Å². The zero-order valence-corrected chi connectivity index (χ0v) is 9.95. The lowest BCUT2D eigenvalue weighted by Crippen LogP contribution is -2.15. The van der Waals surface area contributed by atoms with E-state index in [9.17, 15) is 4.79 Å². The summed E-state index contributed by atoms with van der Waals surface area (Å²) in [5, 5.41) is 3.43. The Kier molecular flexibility index (Phi) is 2.86. The normalized spacial score (nSPS) is 10.3. The van der Waals surface area contributed by atoms with Crippen LogP contribution >= 0.6 is 0 Å². The summed E-state index contributed by atoms with van der Waals surface area (Å²) in [4.78, 5) is 24.4. The number of anilines is 1. The summed E-state index contributed by atoms with van der Waals surface area (Å²) in [6.07, 6.45) is 3.00. The molecule has 0 bridgehead atoms. The highest BCUT2D eigenvalue weighted by Gasteiger charge is 2.12. The Morgan fingerprint density at radius 1 is 0.947 bits per heavy atom. The topological polar surface area (TPSA) is 67.8 Å². The number of pyridine rings is 1. The van der Waals surface area contributed by atoms with Crippen molar-refractivity contribution in [1.29, 1.82) is 0 Å². The largest absolute Gasteiger partial charge is 0.305 e. The maximum Gasteiger partial charge on any atom is 0.276 e. The van der Waals surface area contributed by atoms with Crippen molar-refractivity contribution in [3.8, 4) is 0 Å². The van der Waals surface area contributed by atoms with Gasteiger partial charge >= 0.3 is 0 Å². The van der Waals surface area contributed by atoms with Crippen LogP contribution in [0.25, 0.3) is 10.9 Å². The summed E-state index contributed by atoms with van der Waals surface area (Å²) in [6.45, 7) is 0. The van der Waals surface area contributed by atoms with Gasteiger partial charge in [-0.15, -0.1) is 0 Å². The summed E-state index contributed by atoms with van der Waals surface area (Å²) < 4.78 is 0. The Bertz CT molecular complexity index is 722. The van der Waals surface area contributed by atoms with Gasteiger partial charge in [0.2, 0.25) is 0 Å². The Hall–Kier alpha value is -2.82. The Labute approximate surface area is 109 Å². The number of carbonyl (C=O) groups is 1. The highest BCUT2D eigenvalue weighted by molar-refractivity contribution is 6.10. The first-order valence-electron chi connectivity index (χ1n) is 5.77. The number of fused-ring (bicyclic) bond motifs is 1. The minimum Gasteiger partial charge on any atom is -0.305 e. The van der Waals surface area contributed by atoms with Crippen LogP contribution < -0.4 is 5.32 Å². The van der Waals surface area contributed by atoms with Crippen LogP contribution in [0.2, 0.25) is 0 Å². The number of para-hydroxylation sites is 1. The molecule has 0 radical (unpaired) electrons. The molecule has 1 amide bonds. The summed E-state index contributed by atoms with van der Waals surface area (Å²) in [6, 6.07) is 12.7. The molecule has 0 aliphatic rings. The van der Waals surface area contributed by atoms with Crippen molar-refractivity contribution in [3.63, 3.8) is 0 Å². The van der Waals surface area contributed by atoms with Crippen LogP contribution in [0, 0.1) is 0 Å². The standard InChI is InChI=1S/C14H10N4O/c19-14(18-12-7-3-4-8-15-12)13-10-5-1-2-6-11(10)16-9-17-13/h1-9H,(H,15,18,19). The molecule has 3 aromatic rings. The molecule has 0 atom stereocenters. The number of carbonyl (C=O) groups excluding carboxylic acids is 1. The predicted octanol–water partition coefficient (Wildman–Crippen LogP) is 2.28. The molecular formula is C14H10N4O. The zero-order chi connectivity index (χ0) is 13.1.